The molecule has 2 rings (SSSR count). The Kier molecular flexibility index (Phi) is 4.12. The highest BCUT2D eigenvalue weighted by atomic mass is 79.9. The van der Waals surface area contributed by atoms with Gasteiger partial charge >= 0.3 is 0 Å². The molecule has 0 bridgehead atoms. The van der Waals surface area contributed by atoms with Gasteiger partial charge in [0, 0.05) is 22.1 Å². The highest BCUT2D eigenvalue weighted by molar-refractivity contribution is 9.10. The quantitative estimate of drug-likeness (QED) is 0.742. The molecule has 0 radical (unpaired) electrons. The fourth-order valence-corrected chi connectivity index (χ4v) is 1.89. The second kappa shape index (κ2) is 5.60. The molecule has 0 N–H and O–H groups in total. The molecule has 2 nitrogen and oxygen atoms in total. The van der Waals surface area contributed by atoms with Crippen LogP contribution in [0, 0.1) is 5.82 Å². The van der Waals surface area contributed by atoms with Crippen molar-refractivity contribution in [2.45, 2.75) is 5.33 Å². The summed E-state index contributed by atoms with van der Waals surface area (Å²) in [5, 5.41) is 0.728. The molecule has 0 aliphatic rings. The van der Waals surface area contributed by atoms with Crippen LogP contribution in [0.4, 0.5) is 4.39 Å². The van der Waals surface area contributed by atoms with Crippen LogP contribution < -0.4 is 4.74 Å². The predicted molar refractivity (Wildman–Crippen MR) is 71.0 cm³/mol. The molecule has 1 aromatic carbocycles. The SMILES string of the molecule is Fc1ccc(Br)cc1Oc1ccc(CBr)cn1. The van der Waals surface area contributed by atoms with Crippen LogP contribution in [0.2, 0.25) is 0 Å². The van der Waals surface area contributed by atoms with Crippen LogP contribution in [0.15, 0.2) is 41.0 Å². The Labute approximate surface area is 115 Å². The molecule has 5 heteroatoms. The largest absolute Gasteiger partial charge is 0.436 e. The molecule has 1 heterocycles. The van der Waals surface area contributed by atoms with Crippen LogP contribution in [0.25, 0.3) is 0 Å². The third-order valence-corrected chi connectivity index (χ3v) is 3.20. The van der Waals surface area contributed by atoms with Gasteiger partial charge in [0.25, 0.3) is 0 Å². The van der Waals surface area contributed by atoms with Crippen molar-refractivity contribution in [1.82, 2.24) is 4.98 Å². The lowest BCUT2D eigenvalue weighted by Gasteiger charge is -2.06. The lowest BCUT2D eigenvalue weighted by molar-refractivity contribution is 0.427. The van der Waals surface area contributed by atoms with Crippen LogP contribution >= 0.6 is 31.9 Å². The first-order chi connectivity index (χ1) is 8.19. The van der Waals surface area contributed by atoms with Gasteiger partial charge in [-0.05, 0) is 23.8 Å². The van der Waals surface area contributed by atoms with E-state index < -0.39 is 5.82 Å². The fourth-order valence-electron chi connectivity index (χ4n) is 1.22. The molecule has 1 aromatic heterocycles. The highest BCUT2D eigenvalue weighted by Crippen LogP contribution is 2.26. The van der Waals surface area contributed by atoms with E-state index in [1.807, 2.05) is 6.07 Å². The molecule has 0 aliphatic heterocycles. The Balaban J connectivity index is 2.22. The summed E-state index contributed by atoms with van der Waals surface area (Å²) < 4.78 is 19.5. The summed E-state index contributed by atoms with van der Waals surface area (Å²) in [6, 6.07) is 8.09. The number of nitrogens with zero attached hydrogens (tertiary/aromatic N) is 1. The Morgan fingerprint density at radius 1 is 1.24 bits per heavy atom. The smallest absolute Gasteiger partial charge is 0.219 e. The van der Waals surface area contributed by atoms with E-state index in [2.05, 4.69) is 36.8 Å². The minimum atomic E-state index is -0.417. The number of hydrogen-bond donors (Lipinski definition) is 0. The molecule has 17 heavy (non-hydrogen) atoms. The van der Waals surface area contributed by atoms with E-state index >= 15 is 0 Å². The van der Waals surface area contributed by atoms with Crippen LogP contribution in [0.5, 0.6) is 11.6 Å². The van der Waals surface area contributed by atoms with Gasteiger partial charge in [-0.1, -0.05) is 37.9 Å². The Morgan fingerprint density at radius 3 is 2.71 bits per heavy atom. The van der Waals surface area contributed by atoms with Gasteiger partial charge in [-0.15, -0.1) is 0 Å². The van der Waals surface area contributed by atoms with Gasteiger partial charge < -0.3 is 4.74 Å². The van der Waals surface area contributed by atoms with Crippen molar-refractivity contribution >= 4 is 31.9 Å². The van der Waals surface area contributed by atoms with Gasteiger partial charge in [-0.2, -0.15) is 0 Å². The monoisotopic (exact) mass is 359 g/mol. The second-order valence-electron chi connectivity index (χ2n) is 3.32. The average molecular weight is 361 g/mol. The second-order valence-corrected chi connectivity index (χ2v) is 4.79. The molecule has 0 atom stereocenters. The summed E-state index contributed by atoms with van der Waals surface area (Å²) in [5.41, 5.74) is 1.03. The Bertz CT molecular complexity index is 516. The lowest BCUT2D eigenvalue weighted by atomic mass is 10.3. The molecule has 0 fully saturated rings. The van der Waals surface area contributed by atoms with Crippen molar-refractivity contribution < 1.29 is 9.13 Å². The van der Waals surface area contributed by atoms with Gasteiger partial charge in [0.05, 0.1) is 0 Å². The van der Waals surface area contributed by atoms with Crippen molar-refractivity contribution in [1.29, 1.82) is 0 Å². The summed E-state index contributed by atoms with van der Waals surface area (Å²) >= 11 is 6.58. The van der Waals surface area contributed by atoms with Crippen LogP contribution in [0.3, 0.4) is 0 Å². The topological polar surface area (TPSA) is 22.1 Å². The molecular weight excluding hydrogens is 353 g/mol. The molecule has 0 saturated carbocycles. The van der Waals surface area contributed by atoms with Gasteiger partial charge in [-0.25, -0.2) is 9.37 Å². The zero-order valence-corrected chi connectivity index (χ0v) is 11.8. The molecule has 2 aromatic rings. The van der Waals surface area contributed by atoms with Gasteiger partial charge in [-0.3, -0.25) is 0 Å². The molecule has 0 saturated heterocycles. The maximum atomic E-state index is 13.4. The maximum Gasteiger partial charge on any atom is 0.219 e. The van der Waals surface area contributed by atoms with Crippen molar-refractivity contribution in [3.8, 4) is 11.6 Å². The van der Waals surface area contributed by atoms with E-state index in [-0.39, 0.29) is 5.75 Å². The third kappa shape index (κ3) is 3.26. The Hall–Kier alpha value is -0.940. The normalized spacial score (nSPS) is 10.3. The number of hydrogen-bond acceptors (Lipinski definition) is 2. The molecule has 0 amide bonds. The van der Waals surface area contributed by atoms with E-state index in [1.165, 1.54) is 6.07 Å². The number of halogens is 3. The van der Waals surface area contributed by atoms with E-state index in [9.17, 15) is 4.39 Å². The third-order valence-electron chi connectivity index (χ3n) is 2.06. The molecular formula is C12H8Br2FNO. The number of alkyl halides is 1. The lowest BCUT2D eigenvalue weighted by Crippen LogP contribution is -1.91. The summed E-state index contributed by atoms with van der Waals surface area (Å²) in [5.74, 6) is 0.102. The van der Waals surface area contributed by atoms with Crippen molar-refractivity contribution in [3.63, 3.8) is 0 Å². The van der Waals surface area contributed by atoms with E-state index in [1.54, 1.807) is 24.4 Å². The van der Waals surface area contributed by atoms with E-state index in [0.717, 1.165) is 15.4 Å². The van der Waals surface area contributed by atoms with Crippen molar-refractivity contribution in [3.05, 3.63) is 52.4 Å². The van der Waals surface area contributed by atoms with Crippen LogP contribution in [-0.4, -0.2) is 4.98 Å². The first kappa shape index (κ1) is 12.5. The maximum absolute atomic E-state index is 13.4. The summed E-state index contributed by atoms with van der Waals surface area (Å²) in [4.78, 5) is 4.08. The summed E-state index contributed by atoms with van der Waals surface area (Å²) in [7, 11) is 0. The molecule has 0 spiro atoms. The zero-order chi connectivity index (χ0) is 12.3. The number of benzene rings is 1. The van der Waals surface area contributed by atoms with Crippen molar-refractivity contribution in [2.24, 2.45) is 0 Å². The first-order valence-electron chi connectivity index (χ1n) is 4.83. The molecule has 0 aliphatic carbocycles. The minimum absolute atomic E-state index is 0.151. The van der Waals surface area contributed by atoms with Crippen LogP contribution in [0.1, 0.15) is 5.56 Å². The first-order valence-corrected chi connectivity index (χ1v) is 6.74. The number of rotatable bonds is 3. The van der Waals surface area contributed by atoms with Gasteiger partial charge in [0.15, 0.2) is 11.6 Å². The summed E-state index contributed by atoms with van der Waals surface area (Å²) in [6.45, 7) is 0. The predicted octanol–water partition coefficient (Wildman–Crippen LogP) is 4.67. The standard InChI is InChI=1S/C12H8Br2FNO/c13-6-8-1-4-12(16-7-8)17-11-5-9(14)2-3-10(11)15/h1-5,7H,6H2. The minimum Gasteiger partial charge on any atom is -0.436 e. The van der Waals surface area contributed by atoms with Gasteiger partial charge in [0.2, 0.25) is 5.88 Å². The molecule has 0 unspecified atom stereocenters. The number of pyridine rings is 1. The van der Waals surface area contributed by atoms with Crippen LogP contribution in [-0.2, 0) is 5.33 Å². The van der Waals surface area contributed by atoms with E-state index in [4.69, 9.17) is 4.74 Å². The van der Waals surface area contributed by atoms with E-state index in [0.29, 0.717) is 5.88 Å². The average Bonchev–Trinajstić information content (AvgIpc) is 2.35. The summed E-state index contributed by atoms with van der Waals surface area (Å²) in [6.07, 6.45) is 1.68. The Morgan fingerprint density at radius 2 is 2.06 bits per heavy atom. The van der Waals surface area contributed by atoms with Gasteiger partial charge in [0.1, 0.15) is 0 Å². The van der Waals surface area contributed by atoms with Crippen molar-refractivity contribution in [2.75, 3.05) is 0 Å². The highest BCUT2D eigenvalue weighted by Gasteiger charge is 2.06. The number of aromatic nitrogens is 1. The number of ether oxygens (including phenoxy) is 1. The molecule has 88 valence electrons. The zero-order valence-electron chi connectivity index (χ0n) is 8.66. The fraction of sp³-hybridized carbons (Fsp3) is 0.0833.